The first-order chi connectivity index (χ1) is 13.4. The Balaban J connectivity index is 1.84. The molecule has 3 aromatic carbocycles. The Bertz CT molecular complexity index is 1080. The summed E-state index contributed by atoms with van der Waals surface area (Å²) in [4.78, 5) is 13.9. The summed E-state index contributed by atoms with van der Waals surface area (Å²) in [5.74, 6) is -0.300. The van der Waals surface area contributed by atoms with Gasteiger partial charge in [-0.05, 0) is 54.8 Å². The van der Waals surface area contributed by atoms with E-state index in [0.717, 1.165) is 4.90 Å². The Morgan fingerprint density at radius 2 is 1.64 bits per heavy atom. The third-order valence-electron chi connectivity index (χ3n) is 4.20. The Morgan fingerprint density at radius 1 is 0.929 bits per heavy atom. The molecular formula is C21H20N2O3S2. The monoisotopic (exact) mass is 412 g/mol. The highest BCUT2D eigenvalue weighted by molar-refractivity contribution is 7.98. The second-order valence-electron chi connectivity index (χ2n) is 6.02. The minimum Gasteiger partial charge on any atom is -0.322 e. The minimum atomic E-state index is -3.70. The lowest BCUT2D eigenvalue weighted by Crippen LogP contribution is -2.26. The fourth-order valence-corrected chi connectivity index (χ4v) is 4.30. The van der Waals surface area contributed by atoms with Gasteiger partial charge in [-0.3, -0.25) is 9.10 Å². The van der Waals surface area contributed by atoms with Crippen LogP contribution in [0, 0.1) is 0 Å². The first-order valence-electron chi connectivity index (χ1n) is 8.51. The largest absolute Gasteiger partial charge is 0.322 e. The lowest BCUT2D eigenvalue weighted by atomic mass is 10.2. The van der Waals surface area contributed by atoms with Gasteiger partial charge in [0.25, 0.3) is 15.9 Å². The van der Waals surface area contributed by atoms with Crippen molar-refractivity contribution in [1.29, 1.82) is 0 Å². The maximum Gasteiger partial charge on any atom is 0.264 e. The van der Waals surface area contributed by atoms with Crippen LogP contribution in [0.1, 0.15) is 10.4 Å². The Kier molecular flexibility index (Phi) is 6.06. The number of sulfonamides is 1. The van der Waals surface area contributed by atoms with E-state index in [2.05, 4.69) is 5.32 Å². The van der Waals surface area contributed by atoms with E-state index in [1.807, 2.05) is 30.5 Å². The van der Waals surface area contributed by atoms with Gasteiger partial charge in [-0.15, -0.1) is 11.8 Å². The maximum absolute atomic E-state index is 12.8. The van der Waals surface area contributed by atoms with Gasteiger partial charge in [0.15, 0.2) is 0 Å². The van der Waals surface area contributed by atoms with E-state index in [1.54, 1.807) is 66.4 Å². The molecule has 0 bridgehead atoms. The standard InChI is InChI=1S/C21H20N2O3S2/c1-23(28(25,26)20-12-4-3-5-13-20)18-10-6-8-16(14-18)21(24)22-17-9-7-11-19(15-17)27-2/h3-15H,1-2H3,(H,22,24). The van der Waals surface area contributed by atoms with E-state index in [4.69, 9.17) is 0 Å². The predicted octanol–water partition coefficient (Wildman–Crippen LogP) is 4.49. The number of nitrogens with one attached hydrogen (secondary N) is 1. The van der Waals surface area contributed by atoms with Crippen molar-refractivity contribution in [3.63, 3.8) is 0 Å². The van der Waals surface area contributed by atoms with Crippen LogP contribution in [0.5, 0.6) is 0 Å². The molecule has 28 heavy (non-hydrogen) atoms. The Morgan fingerprint density at radius 3 is 2.36 bits per heavy atom. The first kappa shape index (κ1) is 20.0. The SMILES string of the molecule is CSc1cccc(NC(=O)c2cccc(N(C)S(=O)(=O)c3ccccc3)c2)c1. The molecule has 0 saturated heterocycles. The van der Waals surface area contributed by atoms with Crippen LogP contribution in [0.3, 0.4) is 0 Å². The fourth-order valence-electron chi connectivity index (χ4n) is 2.64. The van der Waals surface area contributed by atoms with Crippen molar-refractivity contribution in [3.8, 4) is 0 Å². The predicted molar refractivity (Wildman–Crippen MR) is 115 cm³/mol. The van der Waals surface area contributed by atoms with Crippen LogP contribution in [0.25, 0.3) is 0 Å². The number of hydrogen-bond donors (Lipinski definition) is 1. The average Bonchev–Trinajstić information content (AvgIpc) is 2.74. The summed E-state index contributed by atoms with van der Waals surface area (Å²) >= 11 is 1.59. The van der Waals surface area contributed by atoms with Gasteiger partial charge >= 0.3 is 0 Å². The van der Waals surface area contributed by atoms with Crippen LogP contribution in [-0.2, 0) is 10.0 Å². The molecule has 0 fully saturated rings. The van der Waals surface area contributed by atoms with E-state index < -0.39 is 10.0 Å². The zero-order valence-corrected chi connectivity index (χ0v) is 17.1. The van der Waals surface area contributed by atoms with Gasteiger partial charge in [0.2, 0.25) is 0 Å². The van der Waals surface area contributed by atoms with Gasteiger partial charge in [-0.1, -0.05) is 30.3 Å². The molecule has 5 nitrogen and oxygen atoms in total. The molecule has 0 aliphatic heterocycles. The minimum absolute atomic E-state index is 0.196. The summed E-state index contributed by atoms with van der Waals surface area (Å²) < 4.78 is 26.8. The molecule has 0 aromatic heterocycles. The number of nitrogens with zero attached hydrogens (tertiary/aromatic N) is 1. The normalized spacial score (nSPS) is 11.1. The number of anilines is 2. The summed E-state index contributed by atoms with van der Waals surface area (Å²) in [5.41, 5.74) is 1.48. The maximum atomic E-state index is 12.8. The molecular weight excluding hydrogens is 392 g/mol. The highest BCUT2D eigenvalue weighted by Crippen LogP contribution is 2.24. The molecule has 0 radical (unpaired) electrons. The summed E-state index contributed by atoms with van der Waals surface area (Å²) in [6, 6.07) is 22.3. The lowest BCUT2D eigenvalue weighted by Gasteiger charge is -2.20. The molecule has 7 heteroatoms. The van der Waals surface area contributed by atoms with E-state index in [9.17, 15) is 13.2 Å². The van der Waals surface area contributed by atoms with E-state index in [0.29, 0.717) is 16.9 Å². The third kappa shape index (κ3) is 4.37. The molecule has 0 atom stereocenters. The smallest absolute Gasteiger partial charge is 0.264 e. The molecule has 0 unspecified atom stereocenters. The fraction of sp³-hybridized carbons (Fsp3) is 0.0952. The van der Waals surface area contributed by atoms with Gasteiger partial charge in [-0.25, -0.2) is 8.42 Å². The number of thioether (sulfide) groups is 1. The zero-order chi connectivity index (χ0) is 20.1. The molecule has 0 aliphatic rings. The molecule has 1 N–H and O–H groups in total. The molecule has 0 aliphatic carbocycles. The van der Waals surface area contributed by atoms with Crippen molar-refractivity contribution in [2.24, 2.45) is 0 Å². The number of carbonyl (C=O) groups is 1. The Hall–Kier alpha value is -2.77. The van der Waals surface area contributed by atoms with Gasteiger partial charge in [-0.2, -0.15) is 0 Å². The quantitative estimate of drug-likeness (QED) is 0.606. The van der Waals surface area contributed by atoms with Gasteiger partial charge in [0.05, 0.1) is 10.6 Å². The van der Waals surface area contributed by atoms with Gasteiger partial charge in [0, 0.05) is 23.2 Å². The number of hydrogen-bond acceptors (Lipinski definition) is 4. The van der Waals surface area contributed by atoms with E-state index in [1.165, 1.54) is 11.4 Å². The molecule has 1 amide bonds. The van der Waals surface area contributed by atoms with Crippen LogP contribution in [0.4, 0.5) is 11.4 Å². The summed E-state index contributed by atoms with van der Waals surface area (Å²) in [7, 11) is -2.23. The molecule has 144 valence electrons. The third-order valence-corrected chi connectivity index (χ3v) is 6.73. The number of carbonyl (C=O) groups excluding carboxylic acids is 1. The highest BCUT2D eigenvalue weighted by Gasteiger charge is 2.21. The van der Waals surface area contributed by atoms with E-state index >= 15 is 0 Å². The van der Waals surface area contributed by atoms with Crippen molar-refractivity contribution >= 4 is 39.1 Å². The number of amides is 1. The summed E-state index contributed by atoms with van der Waals surface area (Å²) in [5, 5.41) is 2.85. The van der Waals surface area contributed by atoms with Crippen LogP contribution < -0.4 is 9.62 Å². The van der Waals surface area contributed by atoms with Gasteiger partial charge < -0.3 is 5.32 Å². The van der Waals surface area contributed by atoms with Gasteiger partial charge in [0.1, 0.15) is 0 Å². The van der Waals surface area contributed by atoms with Crippen molar-refractivity contribution < 1.29 is 13.2 Å². The van der Waals surface area contributed by atoms with Crippen molar-refractivity contribution in [1.82, 2.24) is 0 Å². The zero-order valence-electron chi connectivity index (χ0n) is 15.5. The summed E-state index contributed by atoms with van der Waals surface area (Å²) in [6.07, 6.45) is 1.97. The van der Waals surface area contributed by atoms with Crippen molar-refractivity contribution in [2.75, 3.05) is 22.9 Å². The van der Waals surface area contributed by atoms with Crippen LogP contribution in [-0.4, -0.2) is 27.6 Å². The second kappa shape index (κ2) is 8.50. The van der Waals surface area contributed by atoms with Crippen molar-refractivity contribution in [3.05, 3.63) is 84.4 Å². The molecule has 3 aromatic rings. The lowest BCUT2D eigenvalue weighted by molar-refractivity contribution is 0.102. The molecule has 0 spiro atoms. The van der Waals surface area contributed by atoms with Crippen LogP contribution >= 0.6 is 11.8 Å². The topological polar surface area (TPSA) is 66.5 Å². The first-order valence-corrected chi connectivity index (χ1v) is 11.2. The molecule has 0 saturated carbocycles. The van der Waals surface area contributed by atoms with E-state index in [-0.39, 0.29) is 10.8 Å². The van der Waals surface area contributed by atoms with Crippen molar-refractivity contribution in [2.45, 2.75) is 9.79 Å². The molecule has 0 heterocycles. The highest BCUT2D eigenvalue weighted by atomic mass is 32.2. The van der Waals surface area contributed by atoms with Crippen LogP contribution in [0.2, 0.25) is 0 Å². The second-order valence-corrected chi connectivity index (χ2v) is 8.87. The number of rotatable bonds is 6. The molecule has 3 rings (SSSR count). The Labute approximate surface area is 169 Å². The number of benzene rings is 3. The van der Waals surface area contributed by atoms with Crippen LogP contribution in [0.15, 0.2) is 88.7 Å². The average molecular weight is 413 g/mol. The summed E-state index contributed by atoms with van der Waals surface area (Å²) in [6.45, 7) is 0.